The first-order chi connectivity index (χ1) is 12.0. The summed E-state index contributed by atoms with van der Waals surface area (Å²) in [6.45, 7) is 4.37. The maximum absolute atomic E-state index is 12.3. The summed E-state index contributed by atoms with van der Waals surface area (Å²) in [6, 6.07) is 9.19. The van der Waals surface area contributed by atoms with Gasteiger partial charge in [-0.15, -0.1) is 0 Å². The van der Waals surface area contributed by atoms with Gasteiger partial charge in [-0.2, -0.15) is 0 Å². The van der Waals surface area contributed by atoms with E-state index in [9.17, 15) is 9.59 Å². The van der Waals surface area contributed by atoms with E-state index in [-0.39, 0.29) is 24.1 Å². The minimum atomic E-state index is -0.149. The molecule has 1 N–H and O–H groups in total. The fourth-order valence-corrected chi connectivity index (χ4v) is 3.68. The second-order valence-corrected chi connectivity index (χ2v) is 7.15. The smallest absolute Gasteiger partial charge is 0.258 e. The molecule has 0 saturated heterocycles. The number of aryl methyl sites for hydroxylation is 1. The Bertz CT molecular complexity index is 827. The molecule has 1 aliphatic rings. The fraction of sp³-hybridized carbons (Fsp3) is 0.500. The van der Waals surface area contributed by atoms with Crippen molar-refractivity contribution < 1.29 is 9.53 Å². The summed E-state index contributed by atoms with van der Waals surface area (Å²) < 4.78 is 7.27. The monoisotopic (exact) mass is 342 g/mol. The molecular formula is C20H26N2O3. The van der Waals surface area contributed by atoms with E-state index in [1.807, 2.05) is 24.3 Å². The van der Waals surface area contributed by atoms with Gasteiger partial charge in [0.1, 0.15) is 5.75 Å². The summed E-state index contributed by atoms with van der Waals surface area (Å²) in [5.41, 5.74) is 0.643. The van der Waals surface area contributed by atoms with Gasteiger partial charge in [0.25, 0.3) is 11.5 Å². The van der Waals surface area contributed by atoms with Gasteiger partial charge in [0.15, 0.2) is 6.61 Å². The van der Waals surface area contributed by atoms with Gasteiger partial charge >= 0.3 is 0 Å². The van der Waals surface area contributed by atoms with Crippen molar-refractivity contribution in [3.8, 4) is 5.75 Å². The third kappa shape index (κ3) is 3.70. The molecule has 25 heavy (non-hydrogen) atoms. The number of amides is 1. The van der Waals surface area contributed by atoms with E-state index in [1.165, 1.54) is 12.5 Å². The number of hydrogen-bond acceptors (Lipinski definition) is 3. The van der Waals surface area contributed by atoms with Crippen LogP contribution in [-0.4, -0.2) is 23.1 Å². The SMILES string of the molecule is CC1CCCC(NC(=O)COc2cc(=O)n(C)c3ccccc23)C1C. The van der Waals surface area contributed by atoms with Crippen molar-refractivity contribution in [2.75, 3.05) is 6.61 Å². The number of aromatic nitrogens is 1. The fourth-order valence-electron chi connectivity index (χ4n) is 3.68. The summed E-state index contributed by atoms with van der Waals surface area (Å²) in [6.07, 6.45) is 3.39. The Morgan fingerprint density at radius 3 is 2.84 bits per heavy atom. The predicted molar refractivity (Wildman–Crippen MR) is 98.8 cm³/mol. The van der Waals surface area contributed by atoms with Crippen molar-refractivity contribution in [1.82, 2.24) is 9.88 Å². The Balaban J connectivity index is 1.69. The Morgan fingerprint density at radius 2 is 2.04 bits per heavy atom. The molecule has 1 amide bonds. The zero-order valence-electron chi connectivity index (χ0n) is 15.1. The molecule has 5 nitrogen and oxygen atoms in total. The van der Waals surface area contributed by atoms with Crippen LogP contribution in [0, 0.1) is 11.8 Å². The molecule has 1 heterocycles. The highest BCUT2D eigenvalue weighted by Gasteiger charge is 2.28. The Labute approximate surface area is 148 Å². The van der Waals surface area contributed by atoms with Crippen LogP contribution in [0.2, 0.25) is 0 Å². The standard InChI is InChI=1S/C20H26N2O3/c1-13-7-6-9-16(14(13)2)21-19(23)12-25-18-11-20(24)22(3)17-10-5-4-8-15(17)18/h4-5,8,10-11,13-14,16H,6-7,9,12H2,1-3H3,(H,21,23). The molecule has 5 heteroatoms. The van der Waals surface area contributed by atoms with Crippen molar-refractivity contribution in [2.45, 2.75) is 39.2 Å². The Hall–Kier alpha value is -2.30. The van der Waals surface area contributed by atoms with Crippen molar-refractivity contribution >= 4 is 16.8 Å². The number of nitrogens with zero attached hydrogens (tertiary/aromatic N) is 1. The second-order valence-electron chi connectivity index (χ2n) is 7.15. The largest absolute Gasteiger partial charge is 0.483 e. The van der Waals surface area contributed by atoms with E-state index in [4.69, 9.17) is 4.74 Å². The summed E-state index contributed by atoms with van der Waals surface area (Å²) in [5.74, 6) is 1.43. The number of pyridine rings is 1. The van der Waals surface area contributed by atoms with Gasteiger partial charge in [0.2, 0.25) is 0 Å². The van der Waals surface area contributed by atoms with Gasteiger partial charge in [0.05, 0.1) is 5.52 Å². The number of nitrogens with one attached hydrogen (secondary N) is 1. The summed E-state index contributed by atoms with van der Waals surface area (Å²) in [7, 11) is 1.73. The van der Waals surface area contributed by atoms with Gasteiger partial charge in [-0.05, 0) is 30.4 Å². The number of benzene rings is 1. The normalized spacial score (nSPS) is 23.4. The Morgan fingerprint density at radius 1 is 1.28 bits per heavy atom. The minimum absolute atomic E-state index is 0.0746. The quantitative estimate of drug-likeness (QED) is 0.929. The summed E-state index contributed by atoms with van der Waals surface area (Å²) >= 11 is 0. The summed E-state index contributed by atoms with van der Waals surface area (Å²) in [5, 5.41) is 3.93. The van der Waals surface area contributed by atoms with Crippen LogP contribution in [0.4, 0.5) is 0 Å². The van der Waals surface area contributed by atoms with Gasteiger partial charge in [-0.25, -0.2) is 0 Å². The number of para-hydroxylation sites is 1. The lowest BCUT2D eigenvalue weighted by Crippen LogP contribution is -2.45. The lowest BCUT2D eigenvalue weighted by molar-refractivity contribution is -0.124. The number of hydrogen-bond donors (Lipinski definition) is 1. The van der Waals surface area contributed by atoms with Crippen LogP contribution in [0.1, 0.15) is 33.1 Å². The minimum Gasteiger partial charge on any atom is -0.483 e. The molecule has 1 aliphatic carbocycles. The highest BCUT2D eigenvalue weighted by Crippen LogP contribution is 2.29. The van der Waals surface area contributed by atoms with Crippen molar-refractivity contribution in [3.05, 3.63) is 40.7 Å². The van der Waals surface area contributed by atoms with Crippen molar-refractivity contribution in [2.24, 2.45) is 18.9 Å². The summed E-state index contributed by atoms with van der Waals surface area (Å²) in [4.78, 5) is 24.4. The van der Waals surface area contributed by atoms with Crippen LogP contribution in [0.5, 0.6) is 5.75 Å². The molecule has 0 radical (unpaired) electrons. The maximum Gasteiger partial charge on any atom is 0.258 e. The van der Waals surface area contributed by atoms with Gasteiger partial charge in [0, 0.05) is 24.5 Å². The van der Waals surface area contributed by atoms with Crippen molar-refractivity contribution in [3.63, 3.8) is 0 Å². The Kier molecular flexibility index (Phi) is 5.11. The third-order valence-electron chi connectivity index (χ3n) is 5.53. The zero-order chi connectivity index (χ0) is 18.0. The van der Waals surface area contributed by atoms with E-state index in [0.717, 1.165) is 23.7 Å². The average Bonchev–Trinajstić information content (AvgIpc) is 2.61. The first-order valence-corrected chi connectivity index (χ1v) is 8.98. The lowest BCUT2D eigenvalue weighted by Gasteiger charge is -2.34. The van der Waals surface area contributed by atoms with Gasteiger partial charge < -0.3 is 14.6 Å². The topological polar surface area (TPSA) is 60.3 Å². The number of fused-ring (bicyclic) bond motifs is 1. The molecule has 1 aromatic carbocycles. The van der Waals surface area contributed by atoms with Gasteiger partial charge in [-0.3, -0.25) is 9.59 Å². The number of carbonyl (C=O) groups excluding carboxylic acids is 1. The van der Waals surface area contributed by atoms with Crippen LogP contribution in [0.15, 0.2) is 35.1 Å². The number of carbonyl (C=O) groups is 1. The second kappa shape index (κ2) is 7.30. The molecule has 1 fully saturated rings. The van der Waals surface area contributed by atoms with Crippen LogP contribution < -0.4 is 15.6 Å². The van der Waals surface area contributed by atoms with Crippen LogP contribution in [0.3, 0.4) is 0 Å². The van der Waals surface area contributed by atoms with Gasteiger partial charge in [-0.1, -0.05) is 38.8 Å². The van der Waals surface area contributed by atoms with E-state index >= 15 is 0 Å². The highest BCUT2D eigenvalue weighted by atomic mass is 16.5. The molecule has 134 valence electrons. The molecule has 3 rings (SSSR count). The maximum atomic E-state index is 12.3. The molecule has 1 saturated carbocycles. The average molecular weight is 342 g/mol. The first-order valence-electron chi connectivity index (χ1n) is 8.98. The molecule has 0 bridgehead atoms. The first kappa shape index (κ1) is 17.5. The molecule has 3 unspecified atom stereocenters. The van der Waals surface area contributed by atoms with Crippen LogP contribution in [0.25, 0.3) is 10.9 Å². The highest BCUT2D eigenvalue weighted by molar-refractivity contribution is 5.86. The molecular weight excluding hydrogens is 316 g/mol. The van der Waals surface area contributed by atoms with Crippen molar-refractivity contribution in [1.29, 1.82) is 0 Å². The molecule has 3 atom stereocenters. The predicted octanol–water partition coefficient (Wildman–Crippen LogP) is 2.86. The van der Waals surface area contributed by atoms with E-state index in [2.05, 4.69) is 19.2 Å². The molecule has 1 aromatic heterocycles. The van der Waals surface area contributed by atoms with E-state index in [0.29, 0.717) is 17.6 Å². The van der Waals surface area contributed by atoms with Crippen LogP contribution >= 0.6 is 0 Å². The van der Waals surface area contributed by atoms with Crippen LogP contribution in [-0.2, 0) is 11.8 Å². The van der Waals surface area contributed by atoms with E-state index in [1.54, 1.807) is 11.6 Å². The zero-order valence-corrected chi connectivity index (χ0v) is 15.1. The lowest BCUT2D eigenvalue weighted by atomic mass is 9.78. The molecule has 0 aliphatic heterocycles. The molecule has 0 spiro atoms. The van der Waals surface area contributed by atoms with E-state index < -0.39 is 0 Å². The number of rotatable bonds is 4. The molecule has 2 aromatic rings. The third-order valence-corrected chi connectivity index (χ3v) is 5.53. The number of ether oxygens (including phenoxy) is 1.